The molecule has 1 aromatic carbocycles. The van der Waals surface area contributed by atoms with Gasteiger partial charge >= 0.3 is 6.18 Å². The van der Waals surface area contributed by atoms with Gasteiger partial charge in [-0.25, -0.2) is 9.37 Å². The second-order valence-electron chi connectivity index (χ2n) is 10.1. The molecule has 0 spiro atoms. The van der Waals surface area contributed by atoms with E-state index >= 15 is 0 Å². The summed E-state index contributed by atoms with van der Waals surface area (Å²) in [5, 5.41) is 8.97. The van der Waals surface area contributed by atoms with E-state index in [1.165, 1.54) is 33.7 Å². The number of nitrogens with two attached hydrogens (primary N) is 1. The minimum atomic E-state index is -4.48. The van der Waals surface area contributed by atoms with E-state index in [-0.39, 0.29) is 35.9 Å². The number of fused-ring (bicyclic) bond motifs is 2. The average molecular weight is 515 g/mol. The summed E-state index contributed by atoms with van der Waals surface area (Å²) in [4.78, 5) is 6.07. The van der Waals surface area contributed by atoms with Gasteiger partial charge < -0.3 is 10.5 Å². The van der Waals surface area contributed by atoms with E-state index < -0.39 is 12.2 Å². The lowest BCUT2D eigenvalue weighted by Gasteiger charge is -2.30. The van der Waals surface area contributed by atoms with Crippen molar-refractivity contribution in [2.45, 2.75) is 42.9 Å². The summed E-state index contributed by atoms with van der Waals surface area (Å²) in [6, 6.07) is 7.50. The highest BCUT2D eigenvalue weighted by Crippen LogP contribution is 2.50. The van der Waals surface area contributed by atoms with Crippen LogP contribution in [0.3, 0.4) is 0 Å². The molecule has 0 bridgehead atoms. The lowest BCUT2D eigenvalue weighted by molar-refractivity contribution is -0.183. The Morgan fingerprint density at radius 1 is 1.16 bits per heavy atom. The van der Waals surface area contributed by atoms with Crippen LogP contribution in [0.25, 0.3) is 28.1 Å². The number of benzene rings is 1. The Bertz CT molecular complexity index is 1480. The number of hydrogen-bond donors (Lipinski definition) is 1. The van der Waals surface area contributed by atoms with Gasteiger partial charge in [-0.2, -0.15) is 13.2 Å². The van der Waals surface area contributed by atoms with Gasteiger partial charge in [0.05, 0.1) is 12.1 Å². The molecule has 2 fully saturated rings. The first-order valence-electron chi connectivity index (χ1n) is 12.2. The monoisotopic (exact) mass is 514 g/mol. The van der Waals surface area contributed by atoms with Crippen molar-refractivity contribution in [2.24, 2.45) is 5.73 Å². The van der Waals surface area contributed by atoms with E-state index in [1.807, 2.05) is 0 Å². The topological polar surface area (TPSA) is 81.6 Å². The van der Waals surface area contributed by atoms with Crippen molar-refractivity contribution in [2.75, 3.05) is 26.8 Å². The average Bonchev–Trinajstić information content (AvgIpc) is 3.31. The van der Waals surface area contributed by atoms with Crippen LogP contribution >= 0.6 is 0 Å². The van der Waals surface area contributed by atoms with Gasteiger partial charge in [0.1, 0.15) is 17.6 Å². The fourth-order valence-electron chi connectivity index (χ4n) is 5.49. The van der Waals surface area contributed by atoms with E-state index in [0.29, 0.717) is 46.7 Å². The molecule has 2 atom stereocenters. The van der Waals surface area contributed by atoms with Crippen molar-refractivity contribution >= 4 is 16.6 Å². The third-order valence-corrected chi connectivity index (χ3v) is 7.52. The number of nitrogens with zero attached hydrogens (tertiary/aromatic N) is 5. The largest absolute Gasteiger partial charge is 0.408 e. The van der Waals surface area contributed by atoms with Gasteiger partial charge in [0.25, 0.3) is 0 Å². The first-order chi connectivity index (χ1) is 17.7. The zero-order chi connectivity index (χ0) is 25.9. The fourth-order valence-corrected chi connectivity index (χ4v) is 5.49. The smallest absolute Gasteiger partial charge is 0.384 e. The molecule has 1 aliphatic heterocycles. The maximum absolute atomic E-state index is 14.9. The highest BCUT2D eigenvalue weighted by atomic mass is 19.4. The predicted octanol–water partition coefficient (Wildman–Crippen LogP) is 4.40. The summed E-state index contributed by atoms with van der Waals surface area (Å²) in [7, 11) is 1.60. The van der Waals surface area contributed by atoms with Gasteiger partial charge in [-0.15, -0.1) is 10.2 Å². The summed E-state index contributed by atoms with van der Waals surface area (Å²) < 4.78 is 64.2. The molecule has 37 heavy (non-hydrogen) atoms. The maximum atomic E-state index is 14.9. The Balaban J connectivity index is 1.42. The number of hydrogen-bond acceptors (Lipinski definition) is 6. The SMILES string of the molecule is COCC1(c2cc3nc(-c4nnc5ccc([C@@H](N6CC[C@H](N)C6)C(F)(F)F)cn45)ccc3cc2F)CC1. The molecule has 2 aliphatic rings. The lowest BCUT2D eigenvalue weighted by Crippen LogP contribution is -2.38. The molecule has 1 saturated heterocycles. The van der Waals surface area contributed by atoms with Crippen molar-refractivity contribution in [1.82, 2.24) is 24.5 Å². The van der Waals surface area contributed by atoms with Crippen LogP contribution in [0.2, 0.25) is 0 Å². The van der Waals surface area contributed by atoms with Crippen LogP contribution in [0, 0.1) is 5.82 Å². The standard InChI is InChI=1S/C26H26F4N6O/c1-37-14-25(7-8-25)18-11-21-15(10-19(18)27)2-4-20(32-21)24-34-33-22-5-3-16(12-36(22)24)23(26(28,29)30)35-9-6-17(31)13-35/h2-5,10-12,17,23H,6-9,13-14,31H2,1H3/t17-,23+/m0/s1. The lowest BCUT2D eigenvalue weighted by atomic mass is 9.95. The first-order valence-corrected chi connectivity index (χ1v) is 12.2. The Hall–Kier alpha value is -3.15. The highest BCUT2D eigenvalue weighted by Gasteiger charge is 2.47. The summed E-state index contributed by atoms with van der Waals surface area (Å²) >= 11 is 0. The van der Waals surface area contributed by atoms with Gasteiger partial charge in [-0.05, 0) is 54.7 Å². The molecule has 0 amide bonds. The number of likely N-dealkylation sites (tertiary alicyclic amines) is 1. The van der Waals surface area contributed by atoms with Crippen LogP contribution in [0.5, 0.6) is 0 Å². The maximum Gasteiger partial charge on any atom is 0.408 e. The van der Waals surface area contributed by atoms with Gasteiger partial charge in [0.2, 0.25) is 0 Å². The molecule has 1 saturated carbocycles. The zero-order valence-corrected chi connectivity index (χ0v) is 20.2. The second kappa shape index (κ2) is 8.71. The van der Waals surface area contributed by atoms with Gasteiger partial charge in [0, 0.05) is 43.2 Å². The van der Waals surface area contributed by atoms with Crippen LogP contribution in [0.15, 0.2) is 42.6 Å². The summed E-state index contributed by atoms with van der Waals surface area (Å²) in [5.74, 6) is 0.00990. The molecule has 1 aliphatic carbocycles. The number of pyridine rings is 2. The number of aromatic nitrogens is 4. The van der Waals surface area contributed by atoms with Gasteiger partial charge in [-0.3, -0.25) is 9.30 Å². The Labute approximate surface area is 210 Å². The molecule has 0 radical (unpaired) electrons. The molecular formula is C26H26F4N6O. The molecular weight excluding hydrogens is 488 g/mol. The summed E-state index contributed by atoms with van der Waals surface area (Å²) in [6.45, 7) is 0.871. The van der Waals surface area contributed by atoms with Gasteiger partial charge in [-0.1, -0.05) is 12.1 Å². The molecule has 7 nitrogen and oxygen atoms in total. The third-order valence-electron chi connectivity index (χ3n) is 7.52. The van der Waals surface area contributed by atoms with Crippen molar-refractivity contribution in [3.63, 3.8) is 0 Å². The number of methoxy groups -OCH3 is 1. The van der Waals surface area contributed by atoms with Crippen LogP contribution in [0.4, 0.5) is 17.6 Å². The number of rotatable bonds is 6. The molecule has 11 heteroatoms. The Morgan fingerprint density at radius 2 is 1.97 bits per heavy atom. The number of alkyl halides is 3. The Kier molecular flexibility index (Phi) is 5.70. The zero-order valence-electron chi connectivity index (χ0n) is 20.2. The first kappa shape index (κ1) is 24.2. The molecule has 194 valence electrons. The summed E-state index contributed by atoms with van der Waals surface area (Å²) in [6.07, 6.45) is -0.866. The van der Waals surface area contributed by atoms with Crippen molar-refractivity contribution < 1.29 is 22.3 Å². The van der Waals surface area contributed by atoms with Crippen LogP contribution in [-0.2, 0) is 10.2 Å². The normalized spacial score (nSPS) is 20.6. The molecule has 3 aromatic heterocycles. The number of ether oxygens (including phenoxy) is 1. The molecule has 4 heterocycles. The predicted molar refractivity (Wildman–Crippen MR) is 129 cm³/mol. The minimum absolute atomic E-state index is 0.0792. The quantitative estimate of drug-likeness (QED) is 0.384. The molecule has 6 rings (SSSR count). The molecule has 0 unspecified atom stereocenters. The van der Waals surface area contributed by atoms with Crippen molar-refractivity contribution in [1.29, 1.82) is 0 Å². The fraction of sp³-hybridized carbons (Fsp3) is 0.423. The van der Waals surface area contributed by atoms with E-state index in [1.54, 1.807) is 25.3 Å². The Morgan fingerprint density at radius 3 is 2.65 bits per heavy atom. The van der Waals surface area contributed by atoms with Crippen LogP contribution in [-0.4, -0.2) is 63.5 Å². The summed E-state index contributed by atoms with van der Waals surface area (Å²) in [5.41, 5.74) is 7.60. The van der Waals surface area contributed by atoms with Crippen LogP contribution in [0.1, 0.15) is 36.4 Å². The van der Waals surface area contributed by atoms with Crippen LogP contribution < -0.4 is 5.73 Å². The van der Waals surface area contributed by atoms with Crippen molar-refractivity contribution in [3.8, 4) is 11.5 Å². The van der Waals surface area contributed by atoms with Crippen molar-refractivity contribution in [3.05, 3.63) is 59.5 Å². The third kappa shape index (κ3) is 4.24. The minimum Gasteiger partial charge on any atom is -0.384 e. The second-order valence-corrected chi connectivity index (χ2v) is 10.1. The van der Waals surface area contributed by atoms with E-state index in [4.69, 9.17) is 15.5 Å². The van der Waals surface area contributed by atoms with E-state index in [0.717, 1.165) is 12.8 Å². The molecule has 4 aromatic rings. The highest BCUT2D eigenvalue weighted by molar-refractivity contribution is 5.82. The molecule has 2 N–H and O–H groups in total. The van der Waals surface area contributed by atoms with Gasteiger partial charge in [0.15, 0.2) is 11.5 Å². The van der Waals surface area contributed by atoms with E-state index in [9.17, 15) is 17.6 Å². The number of halogens is 4. The van der Waals surface area contributed by atoms with E-state index in [2.05, 4.69) is 10.2 Å².